The maximum absolute atomic E-state index is 14.4. The second kappa shape index (κ2) is 10.9. The lowest BCUT2D eigenvalue weighted by molar-refractivity contribution is -0.149. The van der Waals surface area contributed by atoms with E-state index in [1.807, 2.05) is 46.4 Å². The van der Waals surface area contributed by atoms with Crippen LogP contribution in [0.1, 0.15) is 60.8 Å². The van der Waals surface area contributed by atoms with Crippen molar-refractivity contribution in [3.8, 4) is 0 Å². The van der Waals surface area contributed by atoms with Crippen molar-refractivity contribution in [3.05, 3.63) is 25.3 Å². The lowest BCUT2D eigenvalue weighted by atomic mass is 9.70. The molecule has 3 rings (SSSR count). The maximum atomic E-state index is 14.4. The number of amides is 3. The number of carbonyl (C=O) groups excluding carboxylic acids is 3. The summed E-state index contributed by atoms with van der Waals surface area (Å²) in [6, 6.07) is -1.21. The molecule has 0 aliphatic carbocycles. The first kappa shape index (κ1) is 28.8. The normalized spacial score (nSPS) is 29.9. The van der Waals surface area contributed by atoms with E-state index in [-0.39, 0.29) is 35.5 Å². The summed E-state index contributed by atoms with van der Waals surface area (Å²) in [4.78, 5) is 47.9. The fourth-order valence-electron chi connectivity index (χ4n) is 6.53. The number of rotatable bonds is 11. The number of fused-ring (bicyclic) bond motifs is 1. The molecular weight excluding hydrogens is 474 g/mol. The number of carbonyl (C=O) groups is 3. The fraction of sp³-hybridized carbons (Fsp3) is 0.750. The molecule has 6 atom stereocenters. The monoisotopic (exact) mass is 519 g/mol. The van der Waals surface area contributed by atoms with Crippen molar-refractivity contribution in [3.63, 3.8) is 0 Å². The number of nitrogens with zero attached hydrogens (tertiary/aromatic N) is 3. The largest absolute Gasteiger partial charge is 0.394 e. The van der Waals surface area contributed by atoms with Crippen LogP contribution in [0.4, 0.5) is 0 Å². The minimum atomic E-state index is -0.722. The van der Waals surface area contributed by atoms with Crippen LogP contribution in [0, 0.1) is 17.8 Å². The molecule has 3 aliphatic heterocycles. The minimum Gasteiger partial charge on any atom is -0.394 e. The molecular formula is C28H45N3O4S. The summed E-state index contributed by atoms with van der Waals surface area (Å²) in [6.07, 6.45) is 5.79. The topological polar surface area (TPSA) is 81.2 Å². The molecule has 0 aromatic rings. The Bertz CT molecular complexity index is 885. The summed E-state index contributed by atoms with van der Waals surface area (Å²) in [5.74, 6) is -1.35. The highest BCUT2D eigenvalue weighted by Crippen LogP contribution is 2.67. The Hall–Kier alpha value is -1.80. The van der Waals surface area contributed by atoms with Gasteiger partial charge in [0.25, 0.3) is 0 Å². The molecule has 0 aromatic heterocycles. The van der Waals surface area contributed by atoms with E-state index in [0.29, 0.717) is 26.1 Å². The molecule has 36 heavy (non-hydrogen) atoms. The van der Waals surface area contributed by atoms with Crippen molar-refractivity contribution in [1.82, 2.24) is 14.7 Å². The van der Waals surface area contributed by atoms with Gasteiger partial charge in [-0.1, -0.05) is 32.9 Å². The van der Waals surface area contributed by atoms with E-state index in [1.54, 1.807) is 33.7 Å². The number of aliphatic hydroxyl groups excluding tert-OH is 1. The van der Waals surface area contributed by atoms with Crippen molar-refractivity contribution in [1.29, 1.82) is 0 Å². The number of thioether (sulfide) groups is 1. The van der Waals surface area contributed by atoms with Gasteiger partial charge < -0.3 is 19.8 Å². The smallest absolute Gasteiger partial charge is 0.247 e. The summed E-state index contributed by atoms with van der Waals surface area (Å²) in [7, 11) is 0. The van der Waals surface area contributed by atoms with E-state index >= 15 is 0 Å². The zero-order valence-corrected chi connectivity index (χ0v) is 23.7. The van der Waals surface area contributed by atoms with Gasteiger partial charge in [0.1, 0.15) is 6.04 Å². The summed E-state index contributed by atoms with van der Waals surface area (Å²) in [5, 5.41) is 10.4. The Morgan fingerprint density at radius 1 is 1.22 bits per heavy atom. The molecule has 3 heterocycles. The van der Waals surface area contributed by atoms with Gasteiger partial charge >= 0.3 is 0 Å². The molecule has 202 valence electrons. The van der Waals surface area contributed by atoms with Crippen LogP contribution in [-0.4, -0.2) is 91.4 Å². The zero-order chi connectivity index (χ0) is 27.0. The van der Waals surface area contributed by atoms with Gasteiger partial charge in [-0.3, -0.25) is 14.4 Å². The van der Waals surface area contributed by atoms with E-state index in [4.69, 9.17) is 0 Å². The molecule has 8 heteroatoms. The van der Waals surface area contributed by atoms with Crippen LogP contribution in [0.2, 0.25) is 0 Å². The predicted molar refractivity (Wildman–Crippen MR) is 145 cm³/mol. The van der Waals surface area contributed by atoms with E-state index < -0.39 is 34.2 Å². The van der Waals surface area contributed by atoms with Crippen molar-refractivity contribution in [2.24, 2.45) is 17.8 Å². The van der Waals surface area contributed by atoms with Gasteiger partial charge in [-0.2, -0.15) is 0 Å². The molecule has 2 unspecified atom stereocenters. The van der Waals surface area contributed by atoms with E-state index in [2.05, 4.69) is 13.2 Å². The Labute approximate surface area is 221 Å². The SMILES string of the molecule is C=CCN(CCC)C(=O)[C@@H]1[C@@H]2CCC3(S2)C(C(=O)N(CC=C)C(C)(C)C)N([C@@H](CO)C(C)C)C(=O)[C@H]13. The van der Waals surface area contributed by atoms with Crippen LogP contribution in [0.5, 0.6) is 0 Å². The minimum absolute atomic E-state index is 0.00825. The molecule has 0 aromatic carbocycles. The molecule has 3 saturated heterocycles. The standard InChI is InChI=1S/C28H45N3O4S/c1-9-14-29(15-10-2)24(33)21-20-12-13-28(36-20)22(21)25(34)31(19(17-32)18(4)5)23(28)26(35)30(16-11-3)27(6,7)8/h9,11,18-23,32H,1,3,10,12-17H2,2,4-8H3/t19-,20-,21+,22-,23?,28?/m0/s1. The molecule has 7 nitrogen and oxygen atoms in total. The maximum Gasteiger partial charge on any atom is 0.247 e. The second-order valence-corrected chi connectivity index (χ2v) is 13.4. The highest BCUT2D eigenvalue weighted by Gasteiger charge is 2.75. The Balaban J connectivity index is 2.13. The number of likely N-dealkylation sites (tertiary alicyclic amines) is 1. The van der Waals surface area contributed by atoms with Gasteiger partial charge in [0, 0.05) is 30.4 Å². The van der Waals surface area contributed by atoms with Gasteiger partial charge in [-0.25, -0.2) is 0 Å². The van der Waals surface area contributed by atoms with Gasteiger partial charge in [0.05, 0.1) is 29.2 Å². The van der Waals surface area contributed by atoms with Crippen molar-refractivity contribution in [2.45, 2.75) is 88.4 Å². The lowest BCUT2D eigenvalue weighted by Crippen LogP contribution is -2.61. The van der Waals surface area contributed by atoms with Crippen LogP contribution >= 0.6 is 11.8 Å². The molecule has 3 aliphatic rings. The average molecular weight is 520 g/mol. The highest BCUT2D eigenvalue weighted by atomic mass is 32.2. The average Bonchev–Trinajstić information content (AvgIpc) is 3.44. The van der Waals surface area contributed by atoms with E-state index in [9.17, 15) is 19.5 Å². The molecule has 3 fully saturated rings. The van der Waals surface area contributed by atoms with Gasteiger partial charge in [0.2, 0.25) is 17.7 Å². The van der Waals surface area contributed by atoms with Crippen molar-refractivity contribution >= 4 is 29.5 Å². The first-order valence-corrected chi connectivity index (χ1v) is 14.2. The molecule has 3 amide bonds. The van der Waals surface area contributed by atoms with Crippen molar-refractivity contribution < 1.29 is 19.5 Å². The quantitative estimate of drug-likeness (QED) is 0.424. The fourth-order valence-corrected chi connectivity index (χ4v) is 8.72. The molecule has 1 N–H and O–H groups in total. The third-order valence-electron chi connectivity index (χ3n) is 8.11. The molecule has 1 spiro atoms. The summed E-state index contributed by atoms with van der Waals surface area (Å²) in [5.41, 5.74) is -0.473. The van der Waals surface area contributed by atoms with Gasteiger partial charge in [-0.05, 0) is 46.0 Å². The third-order valence-corrected chi connectivity index (χ3v) is 10.1. The van der Waals surface area contributed by atoms with Crippen molar-refractivity contribution in [2.75, 3.05) is 26.2 Å². The Kier molecular flexibility index (Phi) is 8.71. The van der Waals surface area contributed by atoms with Crippen LogP contribution in [0.15, 0.2) is 25.3 Å². The zero-order valence-electron chi connectivity index (χ0n) is 22.9. The highest BCUT2D eigenvalue weighted by molar-refractivity contribution is 8.02. The Morgan fingerprint density at radius 3 is 2.36 bits per heavy atom. The molecule has 0 radical (unpaired) electrons. The van der Waals surface area contributed by atoms with Gasteiger partial charge in [-0.15, -0.1) is 24.9 Å². The third kappa shape index (κ3) is 4.64. The van der Waals surface area contributed by atoms with E-state index in [1.165, 1.54) is 0 Å². The Morgan fingerprint density at radius 2 is 1.86 bits per heavy atom. The van der Waals surface area contributed by atoms with Gasteiger partial charge in [0.15, 0.2) is 0 Å². The van der Waals surface area contributed by atoms with Crippen LogP contribution in [0.3, 0.4) is 0 Å². The summed E-state index contributed by atoms with van der Waals surface area (Å²) >= 11 is 1.68. The number of hydrogen-bond donors (Lipinski definition) is 1. The van der Waals surface area contributed by atoms with Crippen LogP contribution in [0.25, 0.3) is 0 Å². The number of aliphatic hydroxyl groups is 1. The number of hydrogen-bond acceptors (Lipinski definition) is 5. The first-order valence-electron chi connectivity index (χ1n) is 13.3. The molecule has 2 bridgehead atoms. The van der Waals surface area contributed by atoms with E-state index in [0.717, 1.165) is 12.8 Å². The lowest BCUT2D eigenvalue weighted by Gasteiger charge is -2.44. The predicted octanol–water partition coefficient (Wildman–Crippen LogP) is 3.33. The second-order valence-electron chi connectivity index (χ2n) is 11.8. The van der Waals surface area contributed by atoms with Crippen LogP contribution in [-0.2, 0) is 14.4 Å². The summed E-state index contributed by atoms with van der Waals surface area (Å²) < 4.78 is -0.668. The summed E-state index contributed by atoms with van der Waals surface area (Å²) in [6.45, 7) is 20.8. The first-order chi connectivity index (χ1) is 16.9. The molecule has 0 saturated carbocycles. The van der Waals surface area contributed by atoms with Crippen LogP contribution < -0.4 is 0 Å².